The fourth-order valence-electron chi connectivity index (χ4n) is 3.08. The van der Waals surface area contributed by atoms with Gasteiger partial charge >= 0.3 is 0 Å². The molecule has 1 amide bonds. The minimum atomic E-state index is -0.0960. The lowest BCUT2D eigenvalue weighted by Crippen LogP contribution is -2.38. The third kappa shape index (κ3) is 7.47. The summed E-state index contributed by atoms with van der Waals surface area (Å²) in [6.45, 7) is 6.70. The Kier molecular flexibility index (Phi) is 9.85. The van der Waals surface area contributed by atoms with Crippen molar-refractivity contribution >= 4 is 41.7 Å². The first-order chi connectivity index (χ1) is 14.1. The van der Waals surface area contributed by atoms with Gasteiger partial charge in [-0.1, -0.05) is 18.2 Å². The van der Waals surface area contributed by atoms with Gasteiger partial charge in [0.05, 0.1) is 13.2 Å². The van der Waals surface area contributed by atoms with E-state index in [1.54, 1.807) is 12.3 Å². The van der Waals surface area contributed by atoms with E-state index in [0.717, 1.165) is 49.8 Å². The van der Waals surface area contributed by atoms with E-state index in [0.29, 0.717) is 18.8 Å². The fraction of sp³-hybridized carbons (Fsp3) is 0.409. The SMILES string of the molecule is CCNC(=NCCC(=O)Nc1ccc(C)cn1)NCCc1ccc2c(c1)CCO2.I. The zero-order valence-electron chi connectivity index (χ0n) is 17.5. The summed E-state index contributed by atoms with van der Waals surface area (Å²) >= 11 is 0. The maximum atomic E-state index is 12.1. The summed E-state index contributed by atoms with van der Waals surface area (Å²) in [5.41, 5.74) is 3.63. The second-order valence-electron chi connectivity index (χ2n) is 7.00. The molecule has 0 unspecified atom stereocenters. The van der Waals surface area contributed by atoms with E-state index >= 15 is 0 Å². The summed E-state index contributed by atoms with van der Waals surface area (Å²) < 4.78 is 5.55. The Bertz CT molecular complexity index is 855. The minimum absolute atomic E-state index is 0. The van der Waals surface area contributed by atoms with E-state index in [2.05, 4.69) is 44.1 Å². The first-order valence-corrected chi connectivity index (χ1v) is 10.1. The van der Waals surface area contributed by atoms with Gasteiger partial charge in [0, 0.05) is 32.1 Å². The quantitative estimate of drug-likeness (QED) is 0.281. The number of halogens is 1. The number of anilines is 1. The molecule has 2 heterocycles. The number of hydrogen-bond donors (Lipinski definition) is 3. The number of ether oxygens (including phenoxy) is 1. The highest BCUT2D eigenvalue weighted by Crippen LogP contribution is 2.25. The zero-order valence-corrected chi connectivity index (χ0v) is 19.9. The topological polar surface area (TPSA) is 87.6 Å². The number of carbonyl (C=O) groups is 1. The largest absolute Gasteiger partial charge is 0.493 e. The Labute approximate surface area is 195 Å². The molecule has 2 aromatic rings. The van der Waals surface area contributed by atoms with Crippen LogP contribution < -0.4 is 20.7 Å². The molecule has 7 nitrogen and oxygen atoms in total. The van der Waals surface area contributed by atoms with Crippen LogP contribution in [0, 0.1) is 6.92 Å². The number of aromatic nitrogens is 1. The monoisotopic (exact) mass is 523 g/mol. The van der Waals surface area contributed by atoms with E-state index in [-0.39, 0.29) is 29.9 Å². The van der Waals surface area contributed by atoms with Gasteiger partial charge in [-0.25, -0.2) is 4.98 Å². The van der Waals surface area contributed by atoms with Crippen molar-refractivity contribution in [3.05, 3.63) is 53.2 Å². The van der Waals surface area contributed by atoms with Crippen LogP contribution in [0.5, 0.6) is 5.75 Å². The smallest absolute Gasteiger partial charge is 0.227 e. The number of rotatable bonds is 8. The molecule has 1 aliphatic heterocycles. The first-order valence-electron chi connectivity index (χ1n) is 10.1. The number of pyridine rings is 1. The van der Waals surface area contributed by atoms with Crippen LogP contribution in [0.3, 0.4) is 0 Å². The molecule has 0 spiro atoms. The van der Waals surface area contributed by atoms with Gasteiger partial charge in [0.15, 0.2) is 5.96 Å². The molecule has 8 heteroatoms. The molecule has 3 N–H and O–H groups in total. The Balaban J connectivity index is 0.00000320. The summed E-state index contributed by atoms with van der Waals surface area (Å²) in [5, 5.41) is 9.33. The van der Waals surface area contributed by atoms with Crippen LogP contribution in [0.1, 0.15) is 30.0 Å². The maximum absolute atomic E-state index is 12.1. The number of amides is 1. The fourth-order valence-corrected chi connectivity index (χ4v) is 3.08. The molecule has 0 fully saturated rings. The van der Waals surface area contributed by atoms with Gasteiger partial charge in [-0.2, -0.15) is 0 Å². The number of aryl methyl sites for hydroxylation is 1. The van der Waals surface area contributed by atoms with Gasteiger partial charge in [0.25, 0.3) is 0 Å². The normalized spacial score (nSPS) is 12.4. The number of hydrogen-bond acceptors (Lipinski definition) is 4. The van der Waals surface area contributed by atoms with Crippen molar-refractivity contribution in [2.45, 2.75) is 33.1 Å². The first kappa shape index (κ1) is 23.9. The maximum Gasteiger partial charge on any atom is 0.227 e. The predicted molar refractivity (Wildman–Crippen MR) is 131 cm³/mol. The summed E-state index contributed by atoms with van der Waals surface area (Å²) in [5.74, 6) is 2.20. The van der Waals surface area contributed by atoms with Crippen LogP contribution >= 0.6 is 24.0 Å². The molecule has 0 radical (unpaired) electrons. The van der Waals surface area contributed by atoms with Gasteiger partial charge in [0.2, 0.25) is 5.91 Å². The van der Waals surface area contributed by atoms with E-state index in [4.69, 9.17) is 4.74 Å². The van der Waals surface area contributed by atoms with Gasteiger partial charge in [0.1, 0.15) is 11.6 Å². The average molecular weight is 523 g/mol. The van der Waals surface area contributed by atoms with Crippen LogP contribution in [0.25, 0.3) is 0 Å². The molecule has 0 bridgehead atoms. The molecule has 0 aliphatic carbocycles. The molecular formula is C22H30IN5O2. The molecular weight excluding hydrogens is 493 g/mol. The third-order valence-corrected chi connectivity index (χ3v) is 4.59. The Morgan fingerprint density at radius 3 is 2.87 bits per heavy atom. The van der Waals surface area contributed by atoms with Crippen molar-refractivity contribution in [3.8, 4) is 5.75 Å². The Morgan fingerprint density at radius 1 is 1.23 bits per heavy atom. The Hall–Kier alpha value is -2.36. The molecule has 3 rings (SSSR count). The van der Waals surface area contributed by atoms with E-state index in [9.17, 15) is 4.79 Å². The van der Waals surface area contributed by atoms with Crippen molar-refractivity contribution in [1.82, 2.24) is 15.6 Å². The molecule has 162 valence electrons. The van der Waals surface area contributed by atoms with Crippen molar-refractivity contribution in [1.29, 1.82) is 0 Å². The highest BCUT2D eigenvalue weighted by molar-refractivity contribution is 14.0. The highest BCUT2D eigenvalue weighted by Gasteiger charge is 2.11. The van der Waals surface area contributed by atoms with Gasteiger partial charge in [-0.3, -0.25) is 9.79 Å². The number of nitrogens with zero attached hydrogens (tertiary/aromatic N) is 2. The Morgan fingerprint density at radius 2 is 2.10 bits per heavy atom. The second-order valence-corrected chi connectivity index (χ2v) is 7.00. The van der Waals surface area contributed by atoms with Crippen LogP contribution in [-0.4, -0.2) is 43.1 Å². The highest BCUT2D eigenvalue weighted by atomic mass is 127. The van der Waals surface area contributed by atoms with Crippen molar-refractivity contribution in [3.63, 3.8) is 0 Å². The van der Waals surface area contributed by atoms with E-state index in [1.807, 2.05) is 19.9 Å². The molecule has 0 saturated heterocycles. The van der Waals surface area contributed by atoms with Crippen LogP contribution in [0.4, 0.5) is 5.82 Å². The van der Waals surface area contributed by atoms with Crippen LogP contribution in [0.2, 0.25) is 0 Å². The van der Waals surface area contributed by atoms with E-state index < -0.39 is 0 Å². The van der Waals surface area contributed by atoms with Crippen molar-refractivity contribution < 1.29 is 9.53 Å². The lowest BCUT2D eigenvalue weighted by molar-refractivity contribution is -0.116. The average Bonchev–Trinajstić information content (AvgIpc) is 3.18. The van der Waals surface area contributed by atoms with Crippen molar-refractivity contribution in [2.75, 3.05) is 31.6 Å². The van der Waals surface area contributed by atoms with Gasteiger partial charge < -0.3 is 20.7 Å². The standard InChI is InChI=1S/C22H29N5O2.HI/c1-3-23-22(24-11-8-17-5-6-19-18(14-17)10-13-29-19)25-12-9-21(28)27-20-7-4-16(2)15-26-20;/h4-7,14-15H,3,8-13H2,1-2H3,(H2,23,24,25)(H,26,27,28);1H. The number of fused-ring (bicyclic) bond motifs is 1. The number of benzene rings is 1. The lowest BCUT2D eigenvalue weighted by atomic mass is 10.1. The van der Waals surface area contributed by atoms with Crippen LogP contribution in [-0.2, 0) is 17.6 Å². The van der Waals surface area contributed by atoms with Crippen LogP contribution in [0.15, 0.2) is 41.5 Å². The summed E-state index contributed by atoms with van der Waals surface area (Å²) in [7, 11) is 0. The molecule has 1 aromatic heterocycles. The zero-order chi connectivity index (χ0) is 20.5. The number of carbonyl (C=O) groups excluding carboxylic acids is 1. The molecule has 30 heavy (non-hydrogen) atoms. The van der Waals surface area contributed by atoms with Gasteiger partial charge in [-0.05, 0) is 49.1 Å². The van der Waals surface area contributed by atoms with Gasteiger partial charge in [-0.15, -0.1) is 24.0 Å². The number of nitrogens with one attached hydrogen (secondary N) is 3. The minimum Gasteiger partial charge on any atom is -0.493 e. The predicted octanol–water partition coefficient (Wildman–Crippen LogP) is 3.07. The third-order valence-electron chi connectivity index (χ3n) is 4.59. The summed E-state index contributed by atoms with van der Waals surface area (Å²) in [6.07, 6.45) is 3.92. The molecule has 0 atom stereocenters. The lowest BCUT2D eigenvalue weighted by Gasteiger charge is -2.12. The number of aliphatic imine (C=N–C) groups is 1. The number of guanidine groups is 1. The molecule has 1 aliphatic rings. The molecule has 1 aromatic carbocycles. The summed E-state index contributed by atoms with van der Waals surface area (Å²) in [4.78, 5) is 20.7. The van der Waals surface area contributed by atoms with E-state index in [1.165, 1.54) is 11.1 Å². The van der Waals surface area contributed by atoms with Crippen molar-refractivity contribution in [2.24, 2.45) is 4.99 Å². The molecule has 0 saturated carbocycles. The summed E-state index contributed by atoms with van der Waals surface area (Å²) in [6, 6.07) is 10.1. The second kappa shape index (κ2) is 12.4.